The Labute approximate surface area is 127 Å². The van der Waals surface area contributed by atoms with Crippen molar-refractivity contribution in [3.05, 3.63) is 28.8 Å². The van der Waals surface area contributed by atoms with Crippen molar-refractivity contribution in [2.24, 2.45) is 5.92 Å². The van der Waals surface area contributed by atoms with Crippen LogP contribution in [0.1, 0.15) is 43.0 Å². The van der Waals surface area contributed by atoms with E-state index < -0.39 is 17.4 Å². The highest BCUT2D eigenvalue weighted by Crippen LogP contribution is 2.33. The summed E-state index contributed by atoms with van der Waals surface area (Å²) in [5.74, 6) is -1.24. The lowest BCUT2D eigenvalue weighted by molar-refractivity contribution is -0.146. The van der Waals surface area contributed by atoms with Crippen LogP contribution in [0.25, 0.3) is 0 Å². The van der Waals surface area contributed by atoms with Gasteiger partial charge in [0.15, 0.2) is 0 Å². The van der Waals surface area contributed by atoms with E-state index in [4.69, 9.17) is 11.6 Å². The van der Waals surface area contributed by atoms with Gasteiger partial charge in [-0.2, -0.15) is 0 Å². The Morgan fingerprint density at radius 3 is 2.52 bits per heavy atom. The van der Waals surface area contributed by atoms with Gasteiger partial charge < -0.3 is 15.5 Å². The summed E-state index contributed by atoms with van der Waals surface area (Å²) in [6.45, 7) is 2.07. The number of carbonyl (C=O) groups is 2. The lowest BCUT2D eigenvalue weighted by Crippen LogP contribution is -2.56. The molecular formula is C15H18ClNO4. The highest BCUT2D eigenvalue weighted by molar-refractivity contribution is 6.34. The third-order valence-electron chi connectivity index (χ3n) is 4.08. The molecule has 0 bridgehead atoms. The summed E-state index contributed by atoms with van der Waals surface area (Å²) in [5, 5.41) is 21.7. The van der Waals surface area contributed by atoms with Gasteiger partial charge in [0.2, 0.25) is 0 Å². The molecular weight excluding hydrogens is 294 g/mol. The maximum absolute atomic E-state index is 12.3. The molecule has 1 aromatic carbocycles. The monoisotopic (exact) mass is 311 g/mol. The van der Waals surface area contributed by atoms with Crippen molar-refractivity contribution in [3.8, 4) is 5.75 Å². The predicted octanol–water partition coefficient (Wildman–Crippen LogP) is 2.81. The number of aromatic hydroxyl groups is 1. The number of phenols is 1. The minimum Gasteiger partial charge on any atom is -0.508 e. The molecule has 6 heteroatoms. The van der Waals surface area contributed by atoms with Crippen molar-refractivity contribution >= 4 is 23.5 Å². The summed E-state index contributed by atoms with van der Waals surface area (Å²) >= 11 is 5.94. The Kier molecular flexibility index (Phi) is 4.42. The molecule has 1 fully saturated rings. The Balaban J connectivity index is 2.23. The second kappa shape index (κ2) is 5.93. The van der Waals surface area contributed by atoms with Crippen molar-refractivity contribution in [2.45, 2.75) is 38.1 Å². The van der Waals surface area contributed by atoms with Crippen LogP contribution in [0.2, 0.25) is 5.02 Å². The molecule has 0 unspecified atom stereocenters. The summed E-state index contributed by atoms with van der Waals surface area (Å²) in [4.78, 5) is 23.9. The van der Waals surface area contributed by atoms with Gasteiger partial charge in [0.05, 0.1) is 10.6 Å². The molecule has 2 rings (SSSR count). The fourth-order valence-electron chi connectivity index (χ4n) is 2.62. The van der Waals surface area contributed by atoms with E-state index in [1.165, 1.54) is 18.2 Å². The molecule has 21 heavy (non-hydrogen) atoms. The van der Waals surface area contributed by atoms with E-state index in [-0.39, 0.29) is 16.3 Å². The molecule has 0 atom stereocenters. The predicted molar refractivity (Wildman–Crippen MR) is 78.6 cm³/mol. The van der Waals surface area contributed by atoms with Crippen LogP contribution in [0.15, 0.2) is 18.2 Å². The number of phenolic OH excluding ortho intramolecular Hbond substituents is 1. The molecule has 1 saturated carbocycles. The first-order chi connectivity index (χ1) is 9.84. The van der Waals surface area contributed by atoms with E-state index in [2.05, 4.69) is 12.2 Å². The molecule has 0 aromatic heterocycles. The number of halogens is 1. The maximum atomic E-state index is 12.3. The van der Waals surface area contributed by atoms with E-state index in [1.807, 2.05) is 0 Å². The van der Waals surface area contributed by atoms with Crippen LogP contribution in [0.4, 0.5) is 0 Å². The smallest absolute Gasteiger partial charge is 0.329 e. The quantitative estimate of drug-likeness (QED) is 0.801. The molecule has 3 N–H and O–H groups in total. The summed E-state index contributed by atoms with van der Waals surface area (Å²) in [7, 11) is 0. The van der Waals surface area contributed by atoms with Crippen molar-refractivity contribution in [1.29, 1.82) is 0 Å². The summed E-state index contributed by atoms with van der Waals surface area (Å²) < 4.78 is 0. The number of carbonyl (C=O) groups excluding carboxylic acids is 1. The molecule has 1 aliphatic carbocycles. The lowest BCUT2D eigenvalue weighted by atomic mass is 9.77. The Bertz CT molecular complexity index is 565. The number of aliphatic carboxylic acids is 1. The van der Waals surface area contributed by atoms with Crippen LogP contribution in [-0.4, -0.2) is 27.6 Å². The van der Waals surface area contributed by atoms with Crippen molar-refractivity contribution in [1.82, 2.24) is 5.32 Å². The molecule has 114 valence electrons. The average molecular weight is 312 g/mol. The van der Waals surface area contributed by atoms with Gasteiger partial charge in [-0.1, -0.05) is 18.5 Å². The van der Waals surface area contributed by atoms with Crippen LogP contribution in [-0.2, 0) is 4.79 Å². The fourth-order valence-corrected chi connectivity index (χ4v) is 2.82. The Morgan fingerprint density at radius 1 is 1.33 bits per heavy atom. The van der Waals surface area contributed by atoms with Crippen LogP contribution < -0.4 is 5.32 Å². The zero-order valence-corrected chi connectivity index (χ0v) is 12.5. The number of carboxylic acid groups (broad SMARTS) is 1. The van der Waals surface area contributed by atoms with Gasteiger partial charge in [-0.3, -0.25) is 4.79 Å². The maximum Gasteiger partial charge on any atom is 0.329 e. The Hall–Kier alpha value is -1.75. The van der Waals surface area contributed by atoms with Crippen LogP contribution in [0, 0.1) is 5.92 Å². The molecule has 0 heterocycles. The van der Waals surface area contributed by atoms with Gasteiger partial charge in [0.1, 0.15) is 11.3 Å². The van der Waals surface area contributed by atoms with Crippen molar-refractivity contribution in [3.63, 3.8) is 0 Å². The molecule has 0 spiro atoms. The average Bonchev–Trinajstić information content (AvgIpc) is 2.44. The SMILES string of the molecule is CC1CCC(NC(=O)c2cc(O)ccc2Cl)(C(=O)O)CC1. The molecule has 1 amide bonds. The fraction of sp³-hybridized carbons (Fsp3) is 0.467. The van der Waals surface area contributed by atoms with E-state index in [1.54, 1.807) is 0 Å². The van der Waals surface area contributed by atoms with E-state index >= 15 is 0 Å². The van der Waals surface area contributed by atoms with Crippen LogP contribution in [0.5, 0.6) is 5.75 Å². The molecule has 0 saturated heterocycles. The zero-order chi connectivity index (χ0) is 15.6. The normalized spacial score (nSPS) is 25.3. The minimum atomic E-state index is -1.25. The summed E-state index contributed by atoms with van der Waals surface area (Å²) in [5.41, 5.74) is -1.17. The first-order valence-electron chi connectivity index (χ1n) is 6.88. The largest absolute Gasteiger partial charge is 0.508 e. The van der Waals surface area contributed by atoms with Gasteiger partial charge in [-0.05, 0) is 49.8 Å². The third kappa shape index (κ3) is 3.29. The van der Waals surface area contributed by atoms with Gasteiger partial charge in [0, 0.05) is 0 Å². The van der Waals surface area contributed by atoms with E-state index in [9.17, 15) is 19.8 Å². The second-order valence-corrected chi connectivity index (χ2v) is 6.10. The van der Waals surface area contributed by atoms with Gasteiger partial charge in [-0.25, -0.2) is 4.79 Å². The number of hydrogen-bond donors (Lipinski definition) is 3. The van der Waals surface area contributed by atoms with Crippen LogP contribution >= 0.6 is 11.6 Å². The first-order valence-corrected chi connectivity index (χ1v) is 7.26. The van der Waals surface area contributed by atoms with E-state index in [0.717, 1.165) is 12.8 Å². The number of rotatable bonds is 3. The van der Waals surface area contributed by atoms with Crippen molar-refractivity contribution < 1.29 is 19.8 Å². The number of nitrogens with one attached hydrogen (secondary N) is 1. The first kappa shape index (κ1) is 15.6. The van der Waals surface area contributed by atoms with Gasteiger partial charge >= 0.3 is 5.97 Å². The standard InChI is InChI=1S/C15H18ClNO4/c1-9-4-6-15(7-5-9,14(20)21)17-13(19)11-8-10(18)2-3-12(11)16/h2-3,8-9,18H,4-7H2,1H3,(H,17,19)(H,20,21). The molecule has 0 radical (unpaired) electrons. The summed E-state index contributed by atoms with van der Waals surface area (Å²) in [6, 6.07) is 4.01. The molecule has 0 aliphatic heterocycles. The topological polar surface area (TPSA) is 86.6 Å². The highest BCUT2D eigenvalue weighted by Gasteiger charge is 2.42. The van der Waals surface area contributed by atoms with Gasteiger partial charge in [0.25, 0.3) is 5.91 Å². The molecule has 1 aliphatic rings. The summed E-state index contributed by atoms with van der Waals surface area (Å²) in [6.07, 6.45) is 2.29. The number of carboxylic acids is 1. The van der Waals surface area contributed by atoms with Crippen molar-refractivity contribution in [2.75, 3.05) is 0 Å². The molecule has 5 nitrogen and oxygen atoms in total. The van der Waals surface area contributed by atoms with Gasteiger partial charge in [-0.15, -0.1) is 0 Å². The molecule has 1 aromatic rings. The Morgan fingerprint density at radius 2 is 1.95 bits per heavy atom. The van der Waals surface area contributed by atoms with Crippen LogP contribution in [0.3, 0.4) is 0 Å². The number of benzene rings is 1. The second-order valence-electron chi connectivity index (χ2n) is 5.69. The van der Waals surface area contributed by atoms with E-state index in [0.29, 0.717) is 18.8 Å². The number of amides is 1. The lowest BCUT2D eigenvalue weighted by Gasteiger charge is -2.36. The minimum absolute atomic E-state index is 0.0795. The number of hydrogen-bond acceptors (Lipinski definition) is 3. The zero-order valence-electron chi connectivity index (χ0n) is 11.7. The highest BCUT2D eigenvalue weighted by atomic mass is 35.5. The third-order valence-corrected chi connectivity index (χ3v) is 4.41.